The van der Waals surface area contributed by atoms with E-state index in [4.69, 9.17) is 28.6 Å². The molecule has 0 aliphatic heterocycles. The van der Waals surface area contributed by atoms with Crippen molar-refractivity contribution in [1.29, 1.82) is 0 Å². The number of imidazole rings is 1. The first-order chi connectivity index (χ1) is 16.4. The van der Waals surface area contributed by atoms with Gasteiger partial charge in [0.05, 0.1) is 7.11 Å². The molecular weight excluding hydrogens is 473 g/mol. The van der Waals surface area contributed by atoms with Crippen LogP contribution in [0.25, 0.3) is 5.69 Å². The third-order valence-electron chi connectivity index (χ3n) is 5.55. The molecule has 0 fully saturated rings. The second kappa shape index (κ2) is 10.2. The van der Waals surface area contributed by atoms with Crippen LogP contribution in [0.2, 0.25) is 5.02 Å². The minimum atomic E-state index is -0.289. The van der Waals surface area contributed by atoms with Crippen LogP contribution in [0.15, 0.2) is 79.0 Å². The zero-order valence-corrected chi connectivity index (χ0v) is 20.3. The van der Waals surface area contributed by atoms with Gasteiger partial charge in [-0.25, -0.2) is 4.39 Å². The minimum absolute atomic E-state index is 0.0678. The maximum atomic E-state index is 13.4. The molecule has 5 nitrogen and oxygen atoms in total. The van der Waals surface area contributed by atoms with Crippen molar-refractivity contribution in [3.05, 3.63) is 106 Å². The fourth-order valence-electron chi connectivity index (χ4n) is 3.66. The van der Waals surface area contributed by atoms with Crippen LogP contribution in [0.4, 0.5) is 10.1 Å². The van der Waals surface area contributed by atoms with Gasteiger partial charge in [-0.3, -0.25) is 9.36 Å². The highest BCUT2D eigenvalue weighted by molar-refractivity contribution is 7.71. The summed E-state index contributed by atoms with van der Waals surface area (Å²) in [5.74, 6) is 0.308. The molecule has 1 amide bonds. The van der Waals surface area contributed by atoms with Gasteiger partial charge in [0.2, 0.25) is 5.91 Å². The molecule has 1 heterocycles. The topological polar surface area (TPSA) is 39.4 Å². The average Bonchev–Trinajstić information content (AvgIpc) is 3.15. The van der Waals surface area contributed by atoms with Gasteiger partial charge in [0, 0.05) is 41.8 Å². The van der Waals surface area contributed by atoms with Crippen molar-refractivity contribution in [2.75, 3.05) is 19.1 Å². The lowest BCUT2D eigenvalue weighted by atomic mass is 10.1. The molecule has 174 valence electrons. The standard InChI is InChI=1S/C26H23ClFN3O2S/c1-29(21-11-13-24(33-2)14-12-21)25(32)17-30-16-23(15-18-3-7-20(28)8-4-18)31(26(30)34)22-9-5-19(27)6-10-22/h3-14,16H,15,17H2,1-2H3. The minimum Gasteiger partial charge on any atom is -0.497 e. The quantitative estimate of drug-likeness (QED) is 0.292. The third-order valence-corrected chi connectivity index (χ3v) is 6.22. The number of amides is 1. The molecule has 0 saturated carbocycles. The summed E-state index contributed by atoms with van der Waals surface area (Å²) >= 11 is 11.8. The van der Waals surface area contributed by atoms with E-state index in [-0.39, 0.29) is 18.3 Å². The van der Waals surface area contributed by atoms with Gasteiger partial charge in [0.25, 0.3) is 0 Å². The maximum absolute atomic E-state index is 13.4. The SMILES string of the molecule is COc1ccc(N(C)C(=O)Cn2cc(Cc3ccc(F)cc3)n(-c3ccc(Cl)cc3)c2=S)cc1. The number of halogens is 2. The largest absolute Gasteiger partial charge is 0.497 e. The molecule has 34 heavy (non-hydrogen) atoms. The lowest BCUT2D eigenvalue weighted by Crippen LogP contribution is -2.29. The monoisotopic (exact) mass is 495 g/mol. The maximum Gasteiger partial charge on any atom is 0.246 e. The summed E-state index contributed by atoms with van der Waals surface area (Å²) in [6, 6.07) is 21.0. The smallest absolute Gasteiger partial charge is 0.246 e. The summed E-state index contributed by atoms with van der Waals surface area (Å²) in [6.07, 6.45) is 2.39. The Kier molecular flexibility index (Phi) is 7.14. The highest BCUT2D eigenvalue weighted by Gasteiger charge is 2.17. The molecule has 0 saturated heterocycles. The Bertz CT molecular complexity index is 1350. The van der Waals surface area contributed by atoms with E-state index in [2.05, 4.69) is 0 Å². The van der Waals surface area contributed by atoms with Crippen LogP contribution < -0.4 is 9.64 Å². The normalized spacial score (nSPS) is 10.8. The Labute approximate surface area is 207 Å². The molecule has 0 aliphatic rings. The Morgan fingerprint density at radius 1 is 1.03 bits per heavy atom. The second-order valence-electron chi connectivity index (χ2n) is 7.80. The fourth-order valence-corrected chi connectivity index (χ4v) is 4.13. The second-order valence-corrected chi connectivity index (χ2v) is 8.60. The van der Waals surface area contributed by atoms with Gasteiger partial charge in [0.15, 0.2) is 4.77 Å². The van der Waals surface area contributed by atoms with Gasteiger partial charge < -0.3 is 14.2 Å². The number of aromatic nitrogens is 2. The summed E-state index contributed by atoms with van der Waals surface area (Å²) in [4.78, 5) is 14.7. The van der Waals surface area contributed by atoms with E-state index in [0.717, 1.165) is 28.4 Å². The summed E-state index contributed by atoms with van der Waals surface area (Å²) in [7, 11) is 3.32. The Morgan fingerprint density at radius 3 is 2.29 bits per heavy atom. The lowest BCUT2D eigenvalue weighted by Gasteiger charge is -2.18. The summed E-state index contributed by atoms with van der Waals surface area (Å²) in [5, 5.41) is 0.617. The van der Waals surface area contributed by atoms with Crippen LogP contribution in [0.1, 0.15) is 11.3 Å². The predicted octanol–water partition coefficient (Wildman–Crippen LogP) is 6.06. The number of likely N-dealkylation sites (N-methyl/N-ethyl adjacent to an activating group) is 1. The molecule has 0 N–H and O–H groups in total. The molecular formula is C26H23ClFN3O2S. The first-order valence-corrected chi connectivity index (χ1v) is 11.4. The van der Waals surface area contributed by atoms with Crippen LogP contribution >= 0.6 is 23.8 Å². The van der Waals surface area contributed by atoms with E-state index < -0.39 is 0 Å². The number of benzene rings is 3. The van der Waals surface area contributed by atoms with E-state index in [1.807, 2.05) is 47.2 Å². The Morgan fingerprint density at radius 2 is 1.68 bits per heavy atom. The number of ether oxygens (including phenoxy) is 1. The molecule has 0 aliphatic carbocycles. The fraction of sp³-hybridized carbons (Fsp3) is 0.154. The van der Waals surface area contributed by atoms with Crippen molar-refractivity contribution in [3.63, 3.8) is 0 Å². The number of anilines is 1. The number of rotatable bonds is 7. The average molecular weight is 496 g/mol. The molecule has 0 unspecified atom stereocenters. The number of nitrogens with zero attached hydrogens (tertiary/aromatic N) is 3. The van der Waals surface area contributed by atoms with Gasteiger partial charge in [-0.05, 0) is 78.4 Å². The molecule has 0 bridgehead atoms. The number of hydrogen-bond acceptors (Lipinski definition) is 3. The van der Waals surface area contributed by atoms with Crippen LogP contribution in [0, 0.1) is 10.6 Å². The summed E-state index contributed by atoms with van der Waals surface area (Å²) in [6.45, 7) is 0.0678. The van der Waals surface area contributed by atoms with Gasteiger partial charge in [-0.2, -0.15) is 0 Å². The van der Waals surface area contributed by atoms with E-state index in [1.165, 1.54) is 12.1 Å². The number of carbonyl (C=O) groups is 1. The van der Waals surface area contributed by atoms with Crippen molar-refractivity contribution in [3.8, 4) is 11.4 Å². The molecule has 3 aromatic carbocycles. The molecule has 4 aromatic rings. The molecule has 0 atom stereocenters. The first kappa shape index (κ1) is 23.7. The van der Waals surface area contributed by atoms with Gasteiger partial charge in [-0.1, -0.05) is 23.7 Å². The third kappa shape index (κ3) is 5.21. The van der Waals surface area contributed by atoms with Crippen LogP contribution in [-0.4, -0.2) is 29.2 Å². The number of hydrogen-bond donors (Lipinski definition) is 0. The van der Waals surface area contributed by atoms with E-state index in [0.29, 0.717) is 16.2 Å². The Balaban J connectivity index is 1.66. The van der Waals surface area contributed by atoms with Crippen molar-refractivity contribution >= 4 is 35.4 Å². The predicted molar refractivity (Wildman–Crippen MR) is 135 cm³/mol. The lowest BCUT2D eigenvalue weighted by molar-refractivity contribution is -0.118. The van der Waals surface area contributed by atoms with E-state index >= 15 is 0 Å². The Hall–Kier alpha value is -3.42. The van der Waals surface area contributed by atoms with Crippen LogP contribution in [0.3, 0.4) is 0 Å². The molecule has 1 aromatic heterocycles. The molecule has 0 radical (unpaired) electrons. The summed E-state index contributed by atoms with van der Waals surface area (Å²) in [5.41, 5.74) is 3.39. The van der Waals surface area contributed by atoms with Crippen LogP contribution in [0.5, 0.6) is 5.75 Å². The van der Waals surface area contributed by atoms with Gasteiger partial charge >= 0.3 is 0 Å². The van der Waals surface area contributed by atoms with Gasteiger partial charge in [0.1, 0.15) is 18.1 Å². The zero-order valence-electron chi connectivity index (χ0n) is 18.7. The van der Waals surface area contributed by atoms with Crippen molar-refractivity contribution in [1.82, 2.24) is 9.13 Å². The van der Waals surface area contributed by atoms with E-state index in [9.17, 15) is 9.18 Å². The van der Waals surface area contributed by atoms with Crippen LogP contribution in [-0.2, 0) is 17.8 Å². The van der Waals surface area contributed by atoms with Crippen molar-refractivity contribution in [2.24, 2.45) is 0 Å². The van der Waals surface area contributed by atoms with Gasteiger partial charge in [-0.15, -0.1) is 0 Å². The summed E-state index contributed by atoms with van der Waals surface area (Å²) < 4.78 is 22.7. The highest BCUT2D eigenvalue weighted by Crippen LogP contribution is 2.22. The van der Waals surface area contributed by atoms with E-state index in [1.54, 1.807) is 47.9 Å². The van der Waals surface area contributed by atoms with Crippen molar-refractivity contribution in [2.45, 2.75) is 13.0 Å². The van der Waals surface area contributed by atoms with Crippen molar-refractivity contribution < 1.29 is 13.9 Å². The highest BCUT2D eigenvalue weighted by atomic mass is 35.5. The number of carbonyl (C=O) groups excluding carboxylic acids is 1. The molecule has 4 rings (SSSR count). The molecule has 0 spiro atoms. The first-order valence-electron chi connectivity index (χ1n) is 10.6. The zero-order chi connectivity index (χ0) is 24.2. The number of methoxy groups -OCH3 is 1. The molecule has 8 heteroatoms.